The average molecular weight is 548 g/mol. The van der Waals surface area contributed by atoms with Crippen LogP contribution in [0.25, 0.3) is 0 Å². The van der Waals surface area contributed by atoms with Gasteiger partial charge in [-0.2, -0.15) is 0 Å². The molecule has 11 heteroatoms. The number of para-hydroxylation sites is 1. The van der Waals surface area contributed by atoms with Gasteiger partial charge in [-0.05, 0) is 36.5 Å². The van der Waals surface area contributed by atoms with E-state index >= 15 is 0 Å². The predicted octanol–water partition coefficient (Wildman–Crippen LogP) is 5.45. The normalized spacial score (nSPS) is 21.1. The molecule has 1 fully saturated rings. The first-order valence-corrected chi connectivity index (χ1v) is 16.1. The number of nitro groups is 1. The van der Waals surface area contributed by atoms with Crippen LogP contribution in [0.2, 0.25) is 18.1 Å². The number of hydrogen-bond donors (Lipinski definition) is 1. The van der Waals surface area contributed by atoms with Crippen LogP contribution in [-0.4, -0.2) is 35.0 Å². The number of nitrogens with zero attached hydrogens (tertiary/aromatic N) is 2. The fourth-order valence-electron chi connectivity index (χ4n) is 4.47. The van der Waals surface area contributed by atoms with Gasteiger partial charge in [-0.25, -0.2) is 4.79 Å². The molecule has 1 aromatic heterocycles. The van der Waals surface area contributed by atoms with Crippen molar-refractivity contribution in [2.24, 2.45) is 5.92 Å². The lowest BCUT2D eigenvalue weighted by molar-refractivity contribution is -0.386. The van der Waals surface area contributed by atoms with Crippen LogP contribution in [0.3, 0.4) is 0 Å². The van der Waals surface area contributed by atoms with Crippen molar-refractivity contribution in [1.29, 1.82) is 0 Å². The molecule has 0 spiro atoms. The Morgan fingerprint density at radius 3 is 2.47 bits per heavy atom. The first-order valence-electron chi connectivity index (χ1n) is 13.2. The molecular formula is C27H41N3O7Si. The number of aromatic amines is 1. The number of hydrogen-bond acceptors (Lipinski definition) is 7. The van der Waals surface area contributed by atoms with Gasteiger partial charge in [0.05, 0.1) is 41.0 Å². The highest BCUT2D eigenvalue weighted by Crippen LogP contribution is 2.41. The van der Waals surface area contributed by atoms with Crippen LogP contribution >= 0.6 is 0 Å². The third kappa shape index (κ3) is 6.51. The molecule has 1 saturated heterocycles. The summed E-state index contributed by atoms with van der Waals surface area (Å²) in [5.41, 5.74) is -0.490. The number of ether oxygens (including phenoxy) is 2. The summed E-state index contributed by atoms with van der Waals surface area (Å²) >= 11 is 0. The van der Waals surface area contributed by atoms with E-state index in [0.29, 0.717) is 12.0 Å². The highest BCUT2D eigenvalue weighted by atomic mass is 28.4. The van der Waals surface area contributed by atoms with Gasteiger partial charge in [0.15, 0.2) is 8.32 Å². The number of aromatic nitrogens is 2. The number of nitro benzene ring substituents is 1. The summed E-state index contributed by atoms with van der Waals surface area (Å²) in [6.07, 6.45) is 1.16. The number of H-pyrrole nitrogens is 1. The van der Waals surface area contributed by atoms with Crippen LogP contribution in [0, 0.1) is 16.0 Å². The Labute approximate surface area is 224 Å². The molecule has 2 aromatic rings. The van der Waals surface area contributed by atoms with Gasteiger partial charge >= 0.3 is 5.69 Å². The van der Waals surface area contributed by atoms with Gasteiger partial charge in [0, 0.05) is 18.7 Å². The zero-order valence-electron chi connectivity index (χ0n) is 23.6. The first kappa shape index (κ1) is 29.9. The van der Waals surface area contributed by atoms with Crippen LogP contribution in [0.1, 0.15) is 77.8 Å². The zero-order valence-corrected chi connectivity index (χ0v) is 24.6. The molecule has 0 saturated carbocycles. The molecule has 210 valence electrons. The van der Waals surface area contributed by atoms with E-state index in [1.807, 2.05) is 20.8 Å². The first-order chi connectivity index (χ1) is 17.7. The molecular weight excluding hydrogens is 506 g/mol. The number of rotatable bonds is 10. The Balaban J connectivity index is 1.85. The van der Waals surface area contributed by atoms with Crippen molar-refractivity contribution in [2.45, 2.75) is 104 Å². The molecule has 0 bridgehead atoms. The quantitative estimate of drug-likeness (QED) is 0.238. The van der Waals surface area contributed by atoms with Gasteiger partial charge in [-0.1, -0.05) is 53.7 Å². The predicted molar refractivity (Wildman–Crippen MR) is 148 cm³/mol. The molecule has 38 heavy (non-hydrogen) atoms. The summed E-state index contributed by atoms with van der Waals surface area (Å²) < 4.78 is 20.4. The van der Waals surface area contributed by atoms with Gasteiger partial charge in [-0.15, -0.1) is 0 Å². The Kier molecular flexibility index (Phi) is 9.18. The topological polar surface area (TPSA) is 126 Å². The van der Waals surface area contributed by atoms with Crippen molar-refractivity contribution in [3.8, 4) is 0 Å². The maximum atomic E-state index is 12.8. The van der Waals surface area contributed by atoms with Crippen LogP contribution < -0.4 is 11.2 Å². The summed E-state index contributed by atoms with van der Waals surface area (Å²) in [6.45, 7) is 16.6. The summed E-state index contributed by atoms with van der Waals surface area (Å²) in [7, 11) is -2.07. The van der Waals surface area contributed by atoms with Crippen molar-refractivity contribution in [2.75, 3.05) is 0 Å². The second-order valence-corrected chi connectivity index (χ2v) is 16.6. The van der Waals surface area contributed by atoms with E-state index in [4.69, 9.17) is 13.9 Å². The molecule has 1 aliphatic rings. The van der Waals surface area contributed by atoms with Crippen LogP contribution in [-0.2, 0) is 20.5 Å². The number of benzene rings is 1. The van der Waals surface area contributed by atoms with Crippen molar-refractivity contribution >= 4 is 14.0 Å². The third-order valence-electron chi connectivity index (χ3n) is 7.65. The van der Waals surface area contributed by atoms with E-state index in [1.54, 1.807) is 18.2 Å². The van der Waals surface area contributed by atoms with E-state index in [0.717, 1.165) is 6.42 Å². The van der Waals surface area contributed by atoms with Crippen molar-refractivity contribution in [1.82, 2.24) is 9.55 Å². The molecule has 1 aromatic carbocycles. The molecule has 2 heterocycles. The molecule has 1 unspecified atom stereocenters. The van der Waals surface area contributed by atoms with Crippen molar-refractivity contribution in [3.05, 3.63) is 72.5 Å². The Morgan fingerprint density at radius 1 is 1.24 bits per heavy atom. The van der Waals surface area contributed by atoms with Crippen molar-refractivity contribution in [3.63, 3.8) is 0 Å². The summed E-state index contributed by atoms with van der Waals surface area (Å²) in [4.78, 5) is 39.0. The van der Waals surface area contributed by atoms with E-state index < -0.39 is 36.8 Å². The molecule has 0 amide bonds. The average Bonchev–Trinajstić information content (AvgIpc) is 3.21. The molecule has 1 aliphatic heterocycles. The highest BCUT2D eigenvalue weighted by Gasteiger charge is 2.44. The maximum Gasteiger partial charge on any atom is 0.330 e. The molecule has 0 aliphatic carbocycles. The Morgan fingerprint density at radius 2 is 1.89 bits per heavy atom. The van der Waals surface area contributed by atoms with E-state index in [-0.39, 0.29) is 41.0 Å². The fraction of sp³-hybridized carbons (Fsp3) is 0.630. The highest BCUT2D eigenvalue weighted by molar-refractivity contribution is 6.74. The summed E-state index contributed by atoms with van der Waals surface area (Å²) in [5, 5.41) is 11.6. The minimum Gasteiger partial charge on any atom is -0.411 e. The number of nitrogens with one attached hydrogen (secondary N) is 1. The van der Waals surface area contributed by atoms with Gasteiger partial charge in [0.2, 0.25) is 0 Å². The molecule has 4 atom stereocenters. The maximum absolute atomic E-state index is 12.8. The molecule has 10 nitrogen and oxygen atoms in total. The molecule has 0 radical (unpaired) electrons. The minimum absolute atomic E-state index is 0.0312. The Bertz CT molecular complexity index is 1250. The lowest BCUT2D eigenvalue weighted by Crippen LogP contribution is -2.45. The smallest absolute Gasteiger partial charge is 0.330 e. The van der Waals surface area contributed by atoms with Crippen LogP contribution in [0.15, 0.2) is 40.1 Å². The fourth-order valence-corrected chi connectivity index (χ4v) is 5.83. The summed E-state index contributed by atoms with van der Waals surface area (Å²) in [5.74, 6) is -0.0993. The lowest BCUT2D eigenvalue weighted by atomic mass is 9.97. The van der Waals surface area contributed by atoms with Crippen LogP contribution in [0.5, 0.6) is 0 Å². The zero-order chi connectivity index (χ0) is 28.4. The largest absolute Gasteiger partial charge is 0.411 e. The molecule has 3 rings (SSSR count). The van der Waals surface area contributed by atoms with Crippen LogP contribution in [0.4, 0.5) is 5.69 Å². The lowest BCUT2D eigenvalue weighted by Gasteiger charge is -2.39. The van der Waals surface area contributed by atoms with Gasteiger partial charge in [0.1, 0.15) is 6.23 Å². The third-order valence-corrected chi connectivity index (χ3v) is 12.2. The van der Waals surface area contributed by atoms with E-state index in [1.165, 1.54) is 16.8 Å². The second kappa shape index (κ2) is 11.6. The van der Waals surface area contributed by atoms with Gasteiger partial charge < -0.3 is 13.9 Å². The second-order valence-electron chi connectivity index (χ2n) is 11.8. The SMILES string of the molecule is CC[C@H]1O[C@@H](n2cc(CO[C@H](c3ccccc3[N+](=O)[O-])C(C)C)c(=O)[nH]c2=O)CC1O[Si](C)(C)C(C)(C)C. The summed E-state index contributed by atoms with van der Waals surface area (Å²) in [6, 6.07) is 6.42. The van der Waals surface area contributed by atoms with Gasteiger partial charge in [-0.3, -0.25) is 24.5 Å². The van der Waals surface area contributed by atoms with E-state index in [9.17, 15) is 19.7 Å². The monoisotopic (exact) mass is 547 g/mol. The van der Waals surface area contributed by atoms with Crippen molar-refractivity contribution < 1.29 is 18.8 Å². The molecule has 1 N–H and O–H groups in total. The minimum atomic E-state index is -2.07. The Hall–Kier alpha value is -2.60. The standard InChI is InChI=1S/C27H41N3O7Si/c1-9-21-22(37-38(7,8)27(4,5)6)14-23(36-21)29-15-18(25(31)28-26(29)32)16-35-24(17(2)3)19-12-10-11-13-20(19)30(33)34/h10-13,15,17,21-24H,9,14,16H2,1-8H3,(H,28,31,32)/t21-,22?,23-,24+/m1/s1. The van der Waals surface area contributed by atoms with Gasteiger partial charge in [0.25, 0.3) is 11.2 Å². The van der Waals surface area contributed by atoms with E-state index in [2.05, 4.69) is 38.8 Å².